The number of amides is 2. The number of aliphatic hydroxyl groups excluding tert-OH is 1. The molecular weight excluding hydrogens is 200 g/mol. The molecule has 0 rings (SSSR count). The van der Waals surface area contributed by atoms with Crippen molar-refractivity contribution in [1.82, 2.24) is 10.2 Å². The topological polar surface area (TPSA) is 89.9 Å². The van der Waals surface area contributed by atoms with E-state index in [1.165, 1.54) is 4.90 Å². The molecule has 0 spiro atoms. The molecule has 0 saturated heterocycles. The Labute approximate surface area is 88.9 Å². The average molecular weight is 218 g/mol. The van der Waals surface area contributed by atoms with Gasteiger partial charge < -0.3 is 20.4 Å². The van der Waals surface area contributed by atoms with Gasteiger partial charge in [-0.2, -0.15) is 0 Å². The first-order valence-corrected chi connectivity index (χ1v) is 4.77. The highest BCUT2D eigenvalue weighted by atomic mass is 16.4. The minimum Gasteiger partial charge on any atom is -0.480 e. The van der Waals surface area contributed by atoms with Gasteiger partial charge in [0, 0.05) is 26.1 Å². The van der Waals surface area contributed by atoms with Crippen molar-refractivity contribution < 1.29 is 19.8 Å². The van der Waals surface area contributed by atoms with Crippen molar-refractivity contribution in [3.8, 4) is 0 Å². The maximum absolute atomic E-state index is 11.4. The minimum atomic E-state index is -1.14. The molecule has 0 aromatic carbocycles. The Morgan fingerprint density at radius 3 is 2.27 bits per heavy atom. The van der Waals surface area contributed by atoms with Gasteiger partial charge in [0.25, 0.3) is 0 Å². The maximum atomic E-state index is 11.4. The Balaban J connectivity index is 4.28. The number of carboxylic acids is 1. The molecule has 0 fully saturated rings. The van der Waals surface area contributed by atoms with E-state index in [1.807, 2.05) is 13.8 Å². The van der Waals surface area contributed by atoms with Crippen LogP contribution in [0.2, 0.25) is 0 Å². The number of rotatable bonds is 5. The van der Waals surface area contributed by atoms with Crippen LogP contribution < -0.4 is 5.32 Å². The molecule has 0 bridgehead atoms. The molecule has 0 aliphatic heterocycles. The second-order valence-corrected chi connectivity index (χ2v) is 3.56. The van der Waals surface area contributed by atoms with E-state index in [0.29, 0.717) is 0 Å². The van der Waals surface area contributed by atoms with Crippen molar-refractivity contribution in [1.29, 1.82) is 0 Å². The zero-order valence-corrected chi connectivity index (χ0v) is 9.23. The molecule has 15 heavy (non-hydrogen) atoms. The van der Waals surface area contributed by atoms with E-state index in [9.17, 15) is 9.59 Å². The van der Waals surface area contributed by atoms with Crippen molar-refractivity contribution >= 4 is 12.0 Å². The van der Waals surface area contributed by atoms with Crippen molar-refractivity contribution in [2.75, 3.05) is 13.7 Å². The lowest BCUT2D eigenvalue weighted by Crippen LogP contribution is -2.48. The molecule has 2 amide bonds. The summed E-state index contributed by atoms with van der Waals surface area (Å²) in [6.07, 6.45) is 0.00695. The molecule has 0 aliphatic rings. The molecule has 0 aromatic heterocycles. The van der Waals surface area contributed by atoms with Gasteiger partial charge in [0.15, 0.2) is 0 Å². The van der Waals surface area contributed by atoms with E-state index in [4.69, 9.17) is 10.2 Å². The van der Waals surface area contributed by atoms with Crippen LogP contribution in [0.3, 0.4) is 0 Å². The third-order valence-corrected chi connectivity index (χ3v) is 2.11. The third kappa shape index (κ3) is 4.64. The summed E-state index contributed by atoms with van der Waals surface area (Å²) in [5, 5.41) is 19.7. The summed E-state index contributed by atoms with van der Waals surface area (Å²) in [5.41, 5.74) is 0. The Morgan fingerprint density at radius 1 is 1.40 bits per heavy atom. The van der Waals surface area contributed by atoms with Crippen molar-refractivity contribution in [3.63, 3.8) is 0 Å². The SMILES string of the molecule is CC(C)N(C)C(=O)N[C@@H](CCO)C(=O)O. The van der Waals surface area contributed by atoms with E-state index in [1.54, 1.807) is 7.05 Å². The smallest absolute Gasteiger partial charge is 0.326 e. The van der Waals surface area contributed by atoms with Crippen LogP contribution >= 0.6 is 0 Å². The Kier molecular flexibility index (Phi) is 5.69. The van der Waals surface area contributed by atoms with Crippen LogP contribution in [0.25, 0.3) is 0 Å². The van der Waals surface area contributed by atoms with Gasteiger partial charge in [-0.25, -0.2) is 9.59 Å². The fraction of sp³-hybridized carbons (Fsp3) is 0.778. The average Bonchev–Trinajstić information content (AvgIpc) is 2.15. The van der Waals surface area contributed by atoms with Gasteiger partial charge in [-0.15, -0.1) is 0 Å². The van der Waals surface area contributed by atoms with E-state index in [-0.39, 0.29) is 19.1 Å². The second-order valence-electron chi connectivity index (χ2n) is 3.56. The molecule has 0 aliphatic carbocycles. The molecule has 0 heterocycles. The number of hydrogen-bond donors (Lipinski definition) is 3. The lowest BCUT2D eigenvalue weighted by Gasteiger charge is -2.24. The number of aliphatic hydroxyl groups is 1. The quantitative estimate of drug-likeness (QED) is 0.599. The molecule has 88 valence electrons. The molecular formula is C9H18N2O4. The predicted octanol–water partition coefficient (Wildman–Crippen LogP) is -0.128. The van der Waals surface area contributed by atoms with Crippen LogP contribution in [-0.4, -0.2) is 52.9 Å². The monoisotopic (exact) mass is 218 g/mol. The fourth-order valence-corrected chi connectivity index (χ4v) is 0.872. The van der Waals surface area contributed by atoms with Gasteiger partial charge in [-0.05, 0) is 13.8 Å². The zero-order chi connectivity index (χ0) is 12.0. The summed E-state index contributed by atoms with van der Waals surface area (Å²) < 4.78 is 0. The highest BCUT2D eigenvalue weighted by molar-refractivity contribution is 5.82. The summed E-state index contributed by atoms with van der Waals surface area (Å²) in [6, 6.07) is -1.50. The highest BCUT2D eigenvalue weighted by Crippen LogP contribution is 1.97. The first kappa shape index (κ1) is 13.7. The first-order valence-electron chi connectivity index (χ1n) is 4.77. The number of nitrogens with one attached hydrogen (secondary N) is 1. The molecule has 0 aromatic rings. The summed E-state index contributed by atoms with van der Waals surface area (Å²) in [7, 11) is 1.58. The van der Waals surface area contributed by atoms with Crippen molar-refractivity contribution in [2.45, 2.75) is 32.4 Å². The van der Waals surface area contributed by atoms with Gasteiger partial charge in [0.1, 0.15) is 6.04 Å². The van der Waals surface area contributed by atoms with Crippen LogP contribution in [0.5, 0.6) is 0 Å². The summed E-state index contributed by atoms with van der Waals surface area (Å²) in [5.74, 6) is -1.14. The van der Waals surface area contributed by atoms with Crippen molar-refractivity contribution in [2.24, 2.45) is 0 Å². The predicted molar refractivity (Wildman–Crippen MR) is 54.6 cm³/mol. The lowest BCUT2D eigenvalue weighted by atomic mass is 10.2. The maximum Gasteiger partial charge on any atom is 0.326 e. The lowest BCUT2D eigenvalue weighted by molar-refractivity contribution is -0.139. The summed E-state index contributed by atoms with van der Waals surface area (Å²) >= 11 is 0. The minimum absolute atomic E-state index is 0.00595. The zero-order valence-electron chi connectivity index (χ0n) is 9.23. The number of carbonyl (C=O) groups is 2. The largest absolute Gasteiger partial charge is 0.480 e. The molecule has 6 nitrogen and oxygen atoms in total. The fourth-order valence-electron chi connectivity index (χ4n) is 0.872. The number of carbonyl (C=O) groups excluding carboxylic acids is 1. The second kappa shape index (κ2) is 6.23. The van der Waals surface area contributed by atoms with Crippen LogP contribution in [0.1, 0.15) is 20.3 Å². The number of carboxylic acid groups (broad SMARTS) is 1. The van der Waals surface area contributed by atoms with Gasteiger partial charge in [0.05, 0.1) is 0 Å². The van der Waals surface area contributed by atoms with Gasteiger partial charge in [-0.3, -0.25) is 0 Å². The molecule has 0 saturated carbocycles. The number of hydrogen-bond acceptors (Lipinski definition) is 3. The van der Waals surface area contributed by atoms with Crippen LogP contribution in [0, 0.1) is 0 Å². The third-order valence-electron chi connectivity index (χ3n) is 2.11. The Morgan fingerprint density at radius 2 is 1.93 bits per heavy atom. The highest BCUT2D eigenvalue weighted by Gasteiger charge is 2.21. The number of aliphatic carboxylic acids is 1. The van der Waals surface area contributed by atoms with E-state index >= 15 is 0 Å². The molecule has 0 unspecified atom stereocenters. The molecule has 0 radical (unpaired) electrons. The van der Waals surface area contributed by atoms with E-state index in [2.05, 4.69) is 5.32 Å². The summed E-state index contributed by atoms with van der Waals surface area (Å²) in [6.45, 7) is 3.37. The summed E-state index contributed by atoms with van der Waals surface area (Å²) in [4.78, 5) is 23.5. The first-order chi connectivity index (χ1) is 6.90. The van der Waals surface area contributed by atoms with Crippen molar-refractivity contribution in [3.05, 3.63) is 0 Å². The molecule has 1 atom stereocenters. The van der Waals surface area contributed by atoms with Gasteiger partial charge in [0.2, 0.25) is 0 Å². The van der Waals surface area contributed by atoms with Crippen LogP contribution in [-0.2, 0) is 4.79 Å². The normalized spacial score (nSPS) is 12.3. The number of nitrogens with zero attached hydrogens (tertiary/aromatic N) is 1. The van der Waals surface area contributed by atoms with Gasteiger partial charge >= 0.3 is 12.0 Å². The van der Waals surface area contributed by atoms with Gasteiger partial charge in [-0.1, -0.05) is 0 Å². The van der Waals surface area contributed by atoms with Crippen LogP contribution in [0.15, 0.2) is 0 Å². The Bertz CT molecular complexity index is 230. The molecule has 6 heteroatoms. The number of urea groups is 1. The van der Waals surface area contributed by atoms with E-state index < -0.39 is 18.0 Å². The van der Waals surface area contributed by atoms with Crippen LogP contribution in [0.4, 0.5) is 4.79 Å². The molecule has 3 N–H and O–H groups in total. The van der Waals surface area contributed by atoms with E-state index in [0.717, 1.165) is 0 Å². The standard InChI is InChI=1S/C9H18N2O4/c1-6(2)11(3)9(15)10-7(4-5-12)8(13)14/h6-7,12H,4-5H2,1-3H3,(H,10,15)(H,13,14)/t7-/m0/s1. The Hall–Kier alpha value is -1.30.